The highest BCUT2D eigenvalue weighted by atomic mass is 32.2. The molecule has 280 valence electrons. The van der Waals surface area contributed by atoms with Crippen molar-refractivity contribution in [3.05, 3.63) is 126 Å². The second kappa shape index (κ2) is 19.7. The molecule has 1 saturated heterocycles. The van der Waals surface area contributed by atoms with Gasteiger partial charge in [-0.05, 0) is 60.4 Å². The number of carbonyl (C=O) groups excluding carboxylic acids is 6. The third-order valence-corrected chi connectivity index (χ3v) is 9.66. The van der Waals surface area contributed by atoms with E-state index in [0.29, 0.717) is 11.4 Å². The zero-order valence-electron chi connectivity index (χ0n) is 29.4. The number of amides is 6. The van der Waals surface area contributed by atoms with Gasteiger partial charge in [0.05, 0.1) is 17.8 Å². The van der Waals surface area contributed by atoms with Crippen molar-refractivity contribution >= 4 is 58.8 Å². The Hall–Kier alpha value is -5.99. The summed E-state index contributed by atoms with van der Waals surface area (Å²) in [6.45, 7) is 0.297. The van der Waals surface area contributed by atoms with Crippen LogP contribution in [0.3, 0.4) is 0 Å². The Bertz CT molecular complexity index is 1900. The van der Waals surface area contributed by atoms with Crippen LogP contribution in [-0.2, 0) is 36.9 Å². The summed E-state index contributed by atoms with van der Waals surface area (Å²) in [5.74, 6) is -1.48. The van der Waals surface area contributed by atoms with E-state index in [4.69, 9.17) is 10.5 Å². The molecular formula is C40H42N6O7S. The largest absolute Gasteiger partial charge is 0.412 e. The smallest absolute Gasteiger partial charge is 0.410 e. The average molecular weight is 751 g/mol. The van der Waals surface area contributed by atoms with Gasteiger partial charge in [-0.3, -0.25) is 28.9 Å². The van der Waals surface area contributed by atoms with Gasteiger partial charge in [-0.2, -0.15) is 0 Å². The number of hydrogen-bond acceptors (Lipinski definition) is 9. The number of ether oxygens (including phenoxy) is 1. The summed E-state index contributed by atoms with van der Waals surface area (Å²) in [4.78, 5) is 78.1. The van der Waals surface area contributed by atoms with Crippen LogP contribution in [-0.4, -0.2) is 70.2 Å². The van der Waals surface area contributed by atoms with Crippen LogP contribution in [0.2, 0.25) is 0 Å². The van der Waals surface area contributed by atoms with Crippen molar-refractivity contribution in [2.75, 3.05) is 22.9 Å². The first-order chi connectivity index (χ1) is 26.1. The molecule has 0 spiro atoms. The Balaban J connectivity index is 1.05. The summed E-state index contributed by atoms with van der Waals surface area (Å²) < 4.78 is 5.33. The number of imide groups is 1. The third-order valence-electron chi connectivity index (χ3n) is 8.36. The Kier molecular flexibility index (Phi) is 14.3. The lowest BCUT2D eigenvalue weighted by Gasteiger charge is -2.20. The molecule has 5 rings (SSSR count). The number of para-hydroxylation sites is 2. The van der Waals surface area contributed by atoms with Gasteiger partial charge in [0.1, 0.15) is 11.8 Å². The molecular weight excluding hydrogens is 709 g/mol. The molecule has 4 aromatic carbocycles. The Morgan fingerprint density at radius 3 is 2.00 bits per heavy atom. The van der Waals surface area contributed by atoms with E-state index in [-0.39, 0.29) is 68.0 Å². The molecule has 6 N–H and O–H groups in total. The molecule has 1 heterocycles. The summed E-state index contributed by atoms with van der Waals surface area (Å²) in [7, 11) is 0. The van der Waals surface area contributed by atoms with Crippen molar-refractivity contribution in [1.82, 2.24) is 15.5 Å². The number of rotatable bonds is 17. The predicted molar refractivity (Wildman–Crippen MR) is 206 cm³/mol. The maximum atomic E-state index is 13.3. The number of hydrogen-bond donors (Lipinski definition) is 5. The van der Waals surface area contributed by atoms with E-state index in [9.17, 15) is 28.8 Å². The van der Waals surface area contributed by atoms with Gasteiger partial charge in [0.2, 0.25) is 29.5 Å². The second-order valence-electron chi connectivity index (χ2n) is 12.5. The van der Waals surface area contributed by atoms with E-state index >= 15 is 0 Å². The number of benzene rings is 4. The molecule has 1 fully saturated rings. The van der Waals surface area contributed by atoms with Gasteiger partial charge in [0, 0.05) is 36.5 Å². The minimum absolute atomic E-state index is 0.00142. The molecule has 14 heteroatoms. The van der Waals surface area contributed by atoms with Crippen LogP contribution in [0.4, 0.5) is 16.2 Å². The maximum absolute atomic E-state index is 13.3. The molecule has 3 atom stereocenters. The van der Waals surface area contributed by atoms with Gasteiger partial charge < -0.3 is 31.7 Å². The molecule has 0 bridgehead atoms. The fourth-order valence-electron chi connectivity index (χ4n) is 5.51. The average Bonchev–Trinajstić information content (AvgIpc) is 3.44. The van der Waals surface area contributed by atoms with Gasteiger partial charge in [-0.15, -0.1) is 11.8 Å². The summed E-state index contributed by atoms with van der Waals surface area (Å²) >= 11 is 1.15. The topological polar surface area (TPSA) is 189 Å². The van der Waals surface area contributed by atoms with E-state index in [0.717, 1.165) is 22.9 Å². The molecule has 0 radical (unpaired) electrons. The molecule has 1 aliphatic rings. The minimum atomic E-state index is -0.998. The van der Waals surface area contributed by atoms with Crippen molar-refractivity contribution in [3.63, 3.8) is 0 Å². The first-order valence-corrected chi connectivity index (χ1v) is 18.5. The molecule has 1 aliphatic heterocycles. The van der Waals surface area contributed by atoms with Gasteiger partial charge >= 0.3 is 6.09 Å². The molecule has 4 aromatic rings. The third kappa shape index (κ3) is 12.0. The van der Waals surface area contributed by atoms with E-state index in [1.807, 2.05) is 54.6 Å². The Morgan fingerprint density at radius 1 is 0.778 bits per heavy atom. The lowest BCUT2D eigenvalue weighted by molar-refractivity contribution is -0.139. The van der Waals surface area contributed by atoms with E-state index < -0.39 is 35.2 Å². The van der Waals surface area contributed by atoms with E-state index in [1.165, 1.54) is 4.90 Å². The molecule has 54 heavy (non-hydrogen) atoms. The highest BCUT2D eigenvalue weighted by molar-refractivity contribution is 8.00. The fraction of sp³-hybridized carbons (Fsp3) is 0.250. The normalized spacial score (nSPS) is 14.8. The molecule has 0 saturated carbocycles. The van der Waals surface area contributed by atoms with Gasteiger partial charge in [0.25, 0.3) is 0 Å². The highest BCUT2D eigenvalue weighted by Gasteiger charge is 2.39. The number of nitrogens with zero attached hydrogens (tertiary/aromatic N) is 1. The zero-order chi connectivity index (χ0) is 38.3. The highest BCUT2D eigenvalue weighted by Crippen LogP contribution is 2.27. The summed E-state index contributed by atoms with van der Waals surface area (Å²) in [6.07, 6.45) is -0.167. The molecule has 13 nitrogen and oxygen atoms in total. The number of nitrogens with two attached hydrogens (primary N) is 1. The molecule has 0 aliphatic carbocycles. The van der Waals surface area contributed by atoms with Crippen LogP contribution in [0.1, 0.15) is 30.4 Å². The number of thioether (sulfide) groups is 1. The Morgan fingerprint density at radius 2 is 1.37 bits per heavy atom. The van der Waals surface area contributed by atoms with Crippen molar-refractivity contribution < 1.29 is 33.5 Å². The minimum Gasteiger partial charge on any atom is -0.410 e. The SMILES string of the molecule is NC(Cc1ccc(OC(=O)NCCCC(=O)NC(CSC2CC(=O)N(Cc3ccccc3)C2=O)C(=O)Nc2ccccc2)cc1)C(=O)Nc1ccccc1. The summed E-state index contributed by atoms with van der Waals surface area (Å²) in [5, 5.41) is 10.2. The van der Waals surface area contributed by atoms with Gasteiger partial charge in [-0.1, -0.05) is 78.9 Å². The van der Waals surface area contributed by atoms with Gasteiger partial charge in [0.15, 0.2) is 0 Å². The van der Waals surface area contributed by atoms with Crippen LogP contribution in [0, 0.1) is 0 Å². The molecule has 0 aromatic heterocycles. The summed E-state index contributed by atoms with van der Waals surface area (Å²) in [6, 6.07) is 31.9. The quantitative estimate of drug-likeness (QED) is 0.0777. The van der Waals surface area contributed by atoms with Crippen molar-refractivity contribution in [3.8, 4) is 5.75 Å². The molecule has 6 amide bonds. The number of carbonyl (C=O) groups is 6. The first kappa shape index (κ1) is 39.2. The van der Waals surface area contributed by atoms with Gasteiger partial charge in [-0.25, -0.2) is 4.79 Å². The van der Waals surface area contributed by atoms with Crippen LogP contribution < -0.4 is 31.7 Å². The lowest BCUT2D eigenvalue weighted by Crippen LogP contribution is -2.46. The zero-order valence-corrected chi connectivity index (χ0v) is 30.3. The fourth-order valence-corrected chi connectivity index (χ4v) is 6.70. The molecule has 3 unspecified atom stereocenters. The van der Waals surface area contributed by atoms with Crippen LogP contribution >= 0.6 is 11.8 Å². The van der Waals surface area contributed by atoms with Crippen molar-refractivity contribution in [2.24, 2.45) is 5.73 Å². The van der Waals surface area contributed by atoms with Crippen LogP contribution in [0.15, 0.2) is 115 Å². The number of likely N-dealkylation sites (tertiary alicyclic amines) is 1. The number of anilines is 2. The first-order valence-electron chi connectivity index (χ1n) is 17.5. The maximum Gasteiger partial charge on any atom is 0.412 e. The van der Waals surface area contributed by atoms with E-state index in [2.05, 4.69) is 21.3 Å². The Labute approximate surface area is 317 Å². The monoisotopic (exact) mass is 750 g/mol. The van der Waals surface area contributed by atoms with Crippen molar-refractivity contribution in [2.45, 2.75) is 49.6 Å². The van der Waals surface area contributed by atoms with Crippen LogP contribution in [0.25, 0.3) is 0 Å². The second-order valence-corrected chi connectivity index (χ2v) is 13.8. The summed E-state index contributed by atoms with van der Waals surface area (Å²) in [5.41, 5.74) is 8.89. The van der Waals surface area contributed by atoms with Crippen LogP contribution in [0.5, 0.6) is 5.75 Å². The lowest BCUT2D eigenvalue weighted by atomic mass is 10.1. The predicted octanol–water partition coefficient (Wildman–Crippen LogP) is 4.25. The van der Waals surface area contributed by atoms with Crippen molar-refractivity contribution in [1.29, 1.82) is 0 Å². The standard InChI is InChI=1S/C40H42N6O7S/c41-32(37(49)43-29-13-6-2-7-14-29)23-27-18-20-31(21-19-27)53-40(52)42-22-10-17-35(47)45-33(38(50)44-30-15-8-3-9-16-30)26-54-34-24-36(48)46(39(34)51)25-28-11-4-1-5-12-28/h1-9,11-16,18-21,32-34H,10,17,22-26,41H2,(H,42,52)(H,43,49)(H,44,50)(H,45,47). The van der Waals surface area contributed by atoms with E-state index in [1.54, 1.807) is 60.7 Å². The number of nitrogens with one attached hydrogen (secondary N) is 4.